The molecule has 0 aromatic heterocycles. The fraction of sp³-hybridized carbons (Fsp3) is 0.462. The Balaban J connectivity index is 3.53. The topological polar surface area (TPSA) is 60.2 Å². The van der Waals surface area contributed by atoms with E-state index < -0.39 is 34.1 Å². The van der Waals surface area contributed by atoms with E-state index in [4.69, 9.17) is 0 Å². The summed E-state index contributed by atoms with van der Waals surface area (Å²) in [7, 11) is 0. The highest BCUT2D eigenvalue weighted by Gasteiger charge is 2.38. The number of nitrogens with zero attached hydrogens (tertiary/aromatic N) is 1. The number of carbonyl (C=O) groups excluding carboxylic acids is 1. The van der Waals surface area contributed by atoms with Crippen molar-refractivity contribution in [1.82, 2.24) is 0 Å². The van der Waals surface area contributed by atoms with Crippen LogP contribution in [0, 0.1) is 16.0 Å². The average molecular weight is 289 g/mol. The Bertz CT molecular complexity index is 538. The van der Waals surface area contributed by atoms with Crippen molar-refractivity contribution in [3.63, 3.8) is 0 Å². The van der Waals surface area contributed by atoms with Crippen LogP contribution in [-0.2, 0) is 11.0 Å². The minimum atomic E-state index is -4.75. The number of non-ortho nitro benzene ring substituents is 1. The van der Waals surface area contributed by atoms with Crippen molar-refractivity contribution in [2.45, 2.75) is 32.9 Å². The van der Waals surface area contributed by atoms with Crippen molar-refractivity contribution in [2.75, 3.05) is 0 Å². The number of alkyl halides is 3. The second-order valence-electron chi connectivity index (χ2n) is 4.86. The number of ketones is 1. The number of benzene rings is 1. The smallest absolute Gasteiger partial charge is 0.299 e. The Labute approximate surface area is 113 Å². The van der Waals surface area contributed by atoms with Gasteiger partial charge in [-0.1, -0.05) is 19.9 Å². The van der Waals surface area contributed by atoms with Crippen LogP contribution in [0.1, 0.15) is 37.8 Å². The molecule has 0 spiro atoms. The molecule has 0 aliphatic heterocycles. The third-order valence-corrected chi connectivity index (χ3v) is 2.99. The lowest BCUT2D eigenvalue weighted by atomic mass is 9.82. The maximum Gasteiger partial charge on any atom is 0.416 e. The summed E-state index contributed by atoms with van der Waals surface area (Å²) in [6.45, 7) is 4.48. The van der Waals surface area contributed by atoms with E-state index in [1.54, 1.807) is 13.8 Å². The number of carbonyl (C=O) groups is 1. The Morgan fingerprint density at radius 1 is 1.30 bits per heavy atom. The Morgan fingerprint density at radius 3 is 2.20 bits per heavy atom. The molecule has 20 heavy (non-hydrogen) atoms. The normalized spacial score (nSPS) is 13.3. The molecule has 0 fully saturated rings. The molecule has 7 heteroatoms. The first-order valence-corrected chi connectivity index (χ1v) is 5.91. The van der Waals surface area contributed by atoms with Crippen LogP contribution < -0.4 is 0 Å². The molecule has 1 aromatic rings. The molecular formula is C13H14F3NO3. The number of Topliss-reactive ketones (excluding diaryl/α,β-unsaturated/α-hetero) is 1. The third-order valence-electron chi connectivity index (χ3n) is 2.99. The predicted octanol–water partition coefficient (Wildman–Crippen LogP) is 3.94. The monoisotopic (exact) mass is 289 g/mol. The molecule has 1 rings (SSSR count). The van der Waals surface area contributed by atoms with Crippen molar-refractivity contribution < 1.29 is 22.9 Å². The van der Waals surface area contributed by atoms with Crippen LogP contribution in [-0.4, -0.2) is 10.7 Å². The molecule has 1 unspecified atom stereocenters. The molecule has 1 atom stereocenters. The molecule has 0 radical (unpaired) electrons. The highest BCUT2D eigenvalue weighted by atomic mass is 19.4. The first-order chi connectivity index (χ1) is 9.05. The molecule has 0 saturated carbocycles. The second kappa shape index (κ2) is 5.60. The average Bonchev–Trinajstić information content (AvgIpc) is 2.26. The van der Waals surface area contributed by atoms with E-state index in [2.05, 4.69) is 0 Å². The van der Waals surface area contributed by atoms with Crippen LogP contribution in [0.5, 0.6) is 0 Å². The third kappa shape index (κ3) is 3.34. The van der Waals surface area contributed by atoms with E-state index in [-0.39, 0.29) is 11.5 Å². The fourth-order valence-electron chi connectivity index (χ4n) is 2.22. The summed E-state index contributed by atoms with van der Waals surface area (Å²) in [6, 6.07) is 2.49. The van der Waals surface area contributed by atoms with Gasteiger partial charge in [0.1, 0.15) is 5.78 Å². The Kier molecular flexibility index (Phi) is 4.52. The molecule has 0 N–H and O–H groups in total. The van der Waals surface area contributed by atoms with E-state index in [0.717, 1.165) is 12.1 Å². The number of halogens is 3. The minimum Gasteiger partial charge on any atom is -0.299 e. The number of rotatable bonds is 4. The maximum absolute atomic E-state index is 13.0. The first-order valence-electron chi connectivity index (χ1n) is 5.91. The summed E-state index contributed by atoms with van der Waals surface area (Å²) in [4.78, 5) is 21.3. The van der Waals surface area contributed by atoms with Gasteiger partial charge in [-0.2, -0.15) is 13.2 Å². The van der Waals surface area contributed by atoms with Gasteiger partial charge >= 0.3 is 6.18 Å². The van der Waals surface area contributed by atoms with E-state index in [0.29, 0.717) is 6.07 Å². The molecule has 0 saturated heterocycles. The Hall–Kier alpha value is -1.92. The summed E-state index contributed by atoms with van der Waals surface area (Å²) in [6.07, 6.45) is -4.75. The SMILES string of the molecule is CC(=O)C(c1ccc([N+](=O)[O-])cc1C(F)(F)F)C(C)C. The molecule has 0 amide bonds. The Morgan fingerprint density at radius 2 is 1.85 bits per heavy atom. The lowest BCUT2D eigenvalue weighted by molar-refractivity contribution is -0.385. The highest BCUT2D eigenvalue weighted by Crippen LogP contribution is 2.39. The zero-order chi connectivity index (χ0) is 15.7. The second-order valence-corrected chi connectivity index (χ2v) is 4.86. The molecular weight excluding hydrogens is 275 g/mol. The highest BCUT2D eigenvalue weighted by molar-refractivity contribution is 5.84. The van der Waals surface area contributed by atoms with Gasteiger partial charge in [0.05, 0.1) is 10.5 Å². The molecule has 1 aromatic carbocycles. The van der Waals surface area contributed by atoms with E-state index in [9.17, 15) is 28.1 Å². The van der Waals surface area contributed by atoms with Crippen LogP contribution in [0.3, 0.4) is 0 Å². The van der Waals surface area contributed by atoms with Crippen molar-refractivity contribution >= 4 is 11.5 Å². The number of nitro groups is 1. The lowest BCUT2D eigenvalue weighted by Crippen LogP contribution is -2.20. The van der Waals surface area contributed by atoms with Gasteiger partial charge in [0.25, 0.3) is 5.69 Å². The van der Waals surface area contributed by atoms with Crippen molar-refractivity contribution in [2.24, 2.45) is 5.92 Å². The zero-order valence-corrected chi connectivity index (χ0v) is 11.2. The fourth-order valence-corrected chi connectivity index (χ4v) is 2.22. The molecule has 110 valence electrons. The van der Waals surface area contributed by atoms with Gasteiger partial charge < -0.3 is 0 Å². The molecule has 0 aliphatic rings. The number of hydrogen-bond acceptors (Lipinski definition) is 3. The number of nitro benzene ring substituents is 1. The maximum atomic E-state index is 13.0. The van der Waals surface area contributed by atoms with E-state index in [1.165, 1.54) is 6.92 Å². The van der Waals surface area contributed by atoms with Crippen LogP contribution in [0.15, 0.2) is 18.2 Å². The van der Waals surface area contributed by atoms with Crippen molar-refractivity contribution in [3.8, 4) is 0 Å². The standard InChI is InChI=1S/C13H14F3NO3/c1-7(2)12(8(3)18)10-5-4-9(17(19)20)6-11(10)13(14,15)16/h4-7,12H,1-3H3. The summed E-state index contributed by atoms with van der Waals surface area (Å²) >= 11 is 0. The van der Waals surface area contributed by atoms with Gasteiger partial charge in [-0.05, 0) is 18.4 Å². The van der Waals surface area contributed by atoms with E-state index >= 15 is 0 Å². The van der Waals surface area contributed by atoms with Crippen LogP contribution in [0.2, 0.25) is 0 Å². The summed E-state index contributed by atoms with van der Waals surface area (Å²) in [5, 5.41) is 10.6. The van der Waals surface area contributed by atoms with Gasteiger partial charge in [0.15, 0.2) is 0 Å². The largest absolute Gasteiger partial charge is 0.416 e. The predicted molar refractivity (Wildman–Crippen MR) is 66.4 cm³/mol. The van der Waals surface area contributed by atoms with E-state index in [1.807, 2.05) is 0 Å². The molecule has 4 nitrogen and oxygen atoms in total. The first kappa shape index (κ1) is 16.1. The van der Waals surface area contributed by atoms with Crippen LogP contribution >= 0.6 is 0 Å². The zero-order valence-electron chi connectivity index (χ0n) is 11.2. The lowest BCUT2D eigenvalue weighted by Gasteiger charge is -2.22. The molecule has 0 aliphatic carbocycles. The van der Waals surface area contributed by atoms with Crippen LogP contribution in [0.25, 0.3) is 0 Å². The van der Waals surface area contributed by atoms with Gasteiger partial charge in [0.2, 0.25) is 0 Å². The quantitative estimate of drug-likeness (QED) is 0.623. The van der Waals surface area contributed by atoms with Gasteiger partial charge in [-0.3, -0.25) is 14.9 Å². The molecule has 0 heterocycles. The van der Waals surface area contributed by atoms with Gasteiger partial charge in [0, 0.05) is 18.1 Å². The van der Waals surface area contributed by atoms with Crippen molar-refractivity contribution in [3.05, 3.63) is 39.4 Å². The molecule has 0 bridgehead atoms. The number of hydrogen-bond donors (Lipinski definition) is 0. The van der Waals surface area contributed by atoms with Gasteiger partial charge in [-0.25, -0.2) is 0 Å². The minimum absolute atomic E-state index is 0.217. The van der Waals surface area contributed by atoms with Crippen LogP contribution in [0.4, 0.5) is 18.9 Å². The van der Waals surface area contributed by atoms with Gasteiger partial charge in [-0.15, -0.1) is 0 Å². The van der Waals surface area contributed by atoms with Crippen molar-refractivity contribution in [1.29, 1.82) is 0 Å². The summed E-state index contributed by atoms with van der Waals surface area (Å²) < 4.78 is 39.1. The summed E-state index contributed by atoms with van der Waals surface area (Å²) in [5.74, 6) is -1.68. The summed E-state index contributed by atoms with van der Waals surface area (Å²) in [5.41, 5.74) is -1.99.